The molecule has 1 heterocycles. The molecule has 2 aliphatic carbocycles. The Morgan fingerprint density at radius 3 is 3.17 bits per heavy atom. The van der Waals surface area contributed by atoms with Crippen LogP contribution in [0.5, 0.6) is 0 Å². The standard InChI is InChI=1S/C14H18N2OS/c1-14-7-3-2-6-11(14)12(14)13(17)16-15-9-10-5-4-8-18-10/h4-5,8-9,11-12H,2-3,6-7H2,1H3,(H,16,17)/b15-9+/t11-,12+,14+/m0/s1. The molecular weight excluding hydrogens is 244 g/mol. The molecule has 1 aromatic rings. The predicted octanol–water partition coefficient (Wildman–Crippen LogP) is 3.02. The Bertz CT molecular complexity index is 468. The van der Waals surface area contributed by atoms with E-state index in [1.165, 1.54) is 25.7 Å². The third kappa shape index (κ3) is 1.99. The zero-order valence-corrected chi connectivity index (χ0v) is 11.4. The molecule has 3 rings (SSSR count). The summed E-state index contributed by atoms with van der Waals surface area (Å²) in [4.78, 5) is 13.1. The van der Waals surface area contributed by atoms with Crippen molar-refractivity contribution in [1.29, 1.82) is 0 Å². The van der Waals surface area contributed by atoms with Crippen LogP contribution < -0.4 is 5.43 Å². The van der Waals surface area contributed by atoms with Crippen LogP contribution in [0, 0.1) is 17.3 Å². The van der Waals surface area contributed by atoms with E-state index >= 15 is 0 Å². The molecule has 1 N–H and O–H groups in total. The molecule has 2 aliphatic rings. The molecule has 18 heavy (non-hydrogen) atoms. The summed E-state index contributed by atoms with van der Waals surface area (Å²) in [7, 11) is 0. The van der Waals surface area contributed by atoms with Gasteiger partial charge in [-0.3, -0.25) is 4.79 Å². The van der Waals surface area contributed by atoms with Crippen molar-refractivity contribution in [2.45, 2.75) is 32.6 Å². The molecular formula is C14H18N2OS. The second kappa shape index (κ2) is 4.50. The van der Waals surface area contributed by atoms with Crippen molar-refractivity contribution in [1.82, 2.24) is 5.43 Å². The van der Waals surface area contributed by atoms with Crippen LogP contribution in [0.25, 0.3) is 0 Å². The average Bonchev–Trinajstić information content (AvgIpc) is 2.71. The summed E-state index contributed by atoms with van der Waals surface area (Å²) in [5, 5.41) is 6.05. The van der Waals surface area contributed by atoms with Crippen molar-refractivity contribution in [2.24, 2.45) is 22.4 Å². The molecule has 1 aromatic heterocycles. The first-order valence-corrected chi connectivity index (χ1v) is 7.46. The van der Waals surface area contributed by atoms with Crippen LogP contribution in [-0.2, 0) is 4.79 Å². The normalized spacial score (nSPS) is 34.3. The number of fused-ring (bicyclic) bond motifs is 1. The van der Waals surface area contributed by atoms with Gasteiger partial charge in [-0.05, 0) is 35.6 Å². The van der Waals surface area contributed by atoms with Gasteiger partial charge in [-0.25, -0.2) is 5.43 Å². The van der Waals surface area contributed by atoms with Crippen molar-refractivity contribution in [2.75, 3.05) is 0 Å². The molecule has 0 spiro atoms. The van der Waals surface area contributed by atoms with E-state index in [0.717, 1.165) is 4.88 Å². The van der Waals surface area contributed by atoms with Gasteiger partial charge < -0.3 is 0 Å². The summed E-state index contributed by atoms with van der Waals surface area (Å²) >= 11 is 1.62. The maximum Gasteiger partial charge on any atom is 0.244 e. The van der Waals surface area contributed by atoms with Gasteiger partial charge in [0.05, 0.1) is 6.21 Å². The van der Waals surface area contributed by atoms with Crippen molar-refractivity contribution in [3.63, 3.8) is 0 Å². The summed E-state index contributed by atoms with van der Waals surface area (Å²) in [6.07, 6.45) is 6.68. The lowest BCUT2D eigenvalue weighted by Crippen LogP contribution is -2.22. The molecule has 0 saturated heterocycles. The van der Waals surface area contributed by atoms with Crippen molar-refractivity contribution in [3.05, 3.63) is 22.4 Å². The third-order valence-electron chi connectivity index (χ3n) is 4.52. The van der Waals surface area contributed by atoms with Gasteiger partial charge >= 0.3 is 0 Å². The van der Waals surface area contributed by atoms with Gasteiger partial charge in [0, 0.05) is 10.8 Å². The number of hydrogen-bond donors (Lipinski definition) is 1. The van der Waals surface area contributed by atoms with Crippen molar-refractivity contribution >= 4 is 23.5 Å². The number of carbonyl (C=O) groups excluding carboxylic acids is 1. The fraction of sp³-hybridized carbons (Fsp3) is 0.571. The van der Waals surface area contributed by atoms with Crippen LogP contribution in [0.15, 0.2) is 22.6 Å². The third-order valence-corrected chi connectivity index (χ3v) is 5.33. The SMILES string of the molecule is C[C@@]12CCCC[C@H]1[C@@H]2C(=O)N/N=C/c1cccs1. The van der Waals surface area contributed by atoms with Gasteiger partial charge in [-0.1, -0.05) is 25.8 Å². The molecule has 3 nitrogen and oxygen atoms in total. The van der Waals surface area contributed by atoms with Crippen molar-refractivity contribution in [3.8, 4) is 0 Å². The molecule has 0 bridgehead atoms. The largest absolute Gasteiger partial charge is 0.273 e. The highest BCUT2D eigenvalue weighted by molar-refractivity contribution is 7.11. The Labute approximate surface area is 111 Å². The first-order chi connectivity index (χ1) is 8.72. The van der Waals surface area contributed by atoms with Crippen LogP contribution in [0.4, 0.5) is 0 Å². The minimum absolute atomic E-state index is 0.109. The number of rotatable bonds is 3. The van der Waals surface area contributed by atoms with Crippen LogP contribution in [0.3, 0.4) is 0 Å². The van der Waals surface area contributed by atoms with E-state index in [2.05, 4.69) is 17.5 Å². The predicted molar refractivity (Wildman–Crippen MR) is 73.6 cm³/mol. The first kappa shape index (κ1) is 11.9. The Morgan fingerprint density at radius 2 is 2.50 bits per heavy atom. The minimum Gasteiger partial charge on any atom is -0.273 e. The van der Waals surface area contributed by atoms with Gasteiger partial charge in [0.15, 0.2) is 0 Å². The monoisotopic (exact) mass is 262 g/mol. The summed E-state index contributed by atoms with van der Waals surface area (Å²) in [6.45, 7) is 2.25. The van der Waals surface area contributed by atoms with Gasteiger partial charge in [-0.2, -0.15) is 5.10 Å². The second-order valence-electron chi connectivity index (χ2n) is 5.59. The fourth-order valence-corrected chi connectivity index (χ4v) is 4.03. The van der Waals surface area contributed by atoms with E-state index < -0.39 is 0 Å². The lowest BCUT2D eigenvalue weighted by molar-refractivity contribution is -0.123. The Kier molecular flexibility index (Phi) is 2.98. The second-order valence-corrected chi connectivity index (χ2v) is 6.56. The zero-order chi connectivity index (χ0) is 12.6. The molecule has 0 aromatic carbocycles. The summed E-state index contributed by atoms with van der Waals surface area (Å²) in [5.74, 6) is 0.904. The number of nitrogens with one attached hydrogen (secondary N) is 1. The number of amides is 1. The smallest absolute Gasteiger partial charge is 0.244 e. The molecule has 0 aliphatic heterocycles. The number of thiophene rings is 1. The fourth-order valence-electron chi connectivity index (χ4n) is 3.44. The van der Waals surface area contributed by atoms with Crippen LogP contribution in [0.2, 0.25) is 0 Å². The lowest BCUT2D eigenvalue weighted by Gasteiger charge is -2.15. The molecule has 0 radical (unpaired) electrons. The quantitative estimate of drug-likeness (QED) is 0.660. The number of hydrogen-bond acceptors (Lipinski definition) is 3. The number of carbonyl (C=O) groups is 1. The van der Waals surface area contributed by atoms with E-state index in [1.807, 2.05) is 17.5 Å². The maximum absolute atomic E-state index is 12.1. The zero-order valence-electron chi connectivity index (χ0n) is 10.6. The lowest BCUT2D eigenvalue weighted by atomic mass is 9.90. The van der Waals surface area contributed by atoms with E-state index in [-0.39, 0.29) is 17.2 Å². The minimum atomic E-state index is 0.109. The molecule has 1 amide bonds. The maximum atomic E-state index is 12.1. The number of hydrazone groups is 1. The molecule has 3 atom stereocenters. The first-order valence-electron chi connectivity index (χ1n) is 6.58. The van der Waals surface area contributed by atoms with Crippen LogP contribution in [-0.4, -0.2) is 12.1 Å². The molecule has 2 fully saturated rings. The summed E-state index contributed by atoms with van der Waals surface area (Å²) in [5.41, 5.74) is 2.97. The van der Waals surface area contributed by atoms with Crippen LogP contribution in [0.1, 0.15) is 37.5 Å². The molecule has 0 unspecified atom stereocenters. The van der Waals surface area contributed by atoms with Gasteiger partial charge in [0.25, 0.3) is 0 Å². The highest BCUT2D eigenvalue weighted by atomic mass is 32.1. The summed E-state index contributed by atoms with van der Waals surface area (Å²) in [6, 6.07) is 3.96. The molecule has 96 valence electrons. The van der Waals surface area contributed by atoms with E-state index in [9.17, 15) is 4.79 Å². The van der Waals surface area contributed by atoms with Gasteiger partial charge in [0.2, 0.25) is 5.91 Å². The Morgan fingerprint density at radius 1 is 1.61 bits per heavy atom. The molecule has 4 heteroatoms. The van der Waals surface area contributed by atoms with Crippen molar-refractivity contribution < 1.29 is 4.79 Å². The topological polar surface area (TPSA) is 41.5 Å². The van der Waals surface area contributed by atoms with E-state index in [1.54, 1.807) is 17.6 Å². The van der Waals surface area contributed by atoms with Gasteiger partial charge in [0.1, 0.15) is 0 Å². The summed E-state index contributed by atoms with van der Waals surface area (Å²) < 4.78 is 0. The van der Waals surface area contributed by atoms with E-state index in [4.69, 9.17) is 0 Å². The number of nitrogens with zero attached hydrogens (tertiary/aromatic N) is 1. The molecule has 2 saturated carbocycles. The Hall–Kier alpha value is -1.16. The Balaban J connectivity index is 1.57. The average molecular weight is 262 g/mol. The van der Waals surface area contributed by atoms with Gasteiger partial charge in [-0.15, -0.1) is 11.3 Å². The van der Waals surface area contributed by atoms with E-state index in [0.29, 0.717) is 5.92 Å². The van der Waals surface area contributed by atoms with Crippen LogP contribution >= 0.6 is 11.3 Å². The highest BCUT2D eigenvalue weighted by Gasteiger charge is 2.64. The highest BCUT2D eigenvalue weighted by Crippen LogP contribution is 2.66.